The Labute approximate surface area is 127 Å². The number of benzene rings is 1. The van der Waals surface area contributed by atoms with Crippen molar-refractivity contribution in [3.8, 4) is 5.75 Å². The van der Waals surface area contributed by atoms with E-state index >= 15 is 0 Å². The van der Waals surface area contributed by atoms with Crippen LogP contribution in [-0.4, -0.2) is 18.0 Å². The number of rotatable bonds is 4. The molecular weight excluding hydrogens is 280 g/mol. The summed E-state index contributed by atoms with van der Waals surface area (Å²) in [6.45, 7) is 2.30. The molecule has 0 aliphatic heterocycles. The van der Waals surface area contributed by atoms with Gasteiger partial charge in [-0.1, -0.05) is 12.1 Å². The highest BCUT2D eigenvalue weighted by Gasteiger charge is 2.12. The van der Waals surface area contributed by atoms with Gasteiger partial charge in [0.25, 0.3) is 5.91 Å². The number of nitrogens with zero attached hydrogens (tertiary/aromatic N) is 1. The van der Waals surface area contributed by atoms with E-state index in [0.29, 0.717) is 17.6 Å². The average molecular weight is 296 g/mol. The molecule has 3 rings (SSSR count). The topological polar surface area (TPSA) is 64.4 Å². The molecule has 2 aromatic heterocycles. The zero-order chi connectivity index (χ0) is 15.5. The Morgan fingerprint density at radius 2 is 2.14 bits per heavy atom. The van der Waals surface area contributed by atoms with Crippen molar-refractivity contribution in [2.45, 2.75) is 13.5 Å². The molecule has 0 saturated heterocycles. The second-order valence-electron chi connectivity index (χ2n) is 4.98. The molecule has 22 heavy (non-hydrogen) atoms. The van der Waals surface area contributed by atoms with Crippen LogP contribution in [0.25, 0.3) is 11.1 Å². The summed E-state index contributed by atoms with van der Waals surface area (Å²) in [6.07, 6.45) is 0. The number of nitrogens with one attached hydrogen (secondary N) is 1. The van der Waals surface area contributed by atoms with Gasteiger partial charge in [-0.3, -0.25) is 4.79 Å². The van der Waals surface area contributed by atoms with Gasteiger partial charge in [-0.2, -0.15) is 0 Å². The van der Waals surface area contributed by atoms with Crippen LogP contribution in [0.15, 0.2) is 46.9 Å². The Balaban J connectivity index is 1.72. The van der Waals surface area contributed by atoms with Gasteiger partial charge in [0.1, 0.15) is 11.3 Å². The normalized spacial score (nSPS) is 10.6. The van der Waals surface area contributed by atoms with Crippen LogP contribution >= 0.6 is 0 Å². The number of aromatic nitrogens is 1. The number of carbonyl (C=O) groups is 1. The summed E-state index contributed by atoms with van der Waals surface area (Å²) in [5.41, 5.74) is 3.14. The molecule has 5 heteroatoms. The number of ether oxygens (including phenoxy) is 1. The largest absolute Gasteiger partial charge is 0.497 e. The van der Waals surface area contributed by atoms with Crippen LogP contribution < -0.4 is 10.1 Å². The highest BCUT2D eigenvalue weighted by Crippen LogP contribution is 2.18. The number of methoxy groups -OCH3 is 1. The highest BCUT2D eigenvalue weighted by molar-refractivity contribution is 5.95. The van der Waals surface area contributed by atoms with Crippen molar-refractivity contribution in [2.24, 2.45) is 0 Å². The van der Waals surface area contributed by atoms with Gasteiger partial charge in [-0.05, 0) is 36.8 Å². The third-order valence-corrected chi connectivity index (χ3v) is 3.32. The van der Waals surface area contributed by atoms with E-state index in [4.69, 9.17) is 9.15 Å². The van der Waals surface area contributed by atoms with Crippen molar-refractivity contribution in [1.29, 1.82) is 0 Å². The molecular formula is C17H16N2O3. The standard InChI is InChI=1S/C17H16N2O3/c1-11-6-7-15-14(19-11)9-16(22-15)17(20)18-10-12-4-3-5-13(8-12)21-2/h3-9H,10H2,1-2H3,(H,18,20). The summed E-state index contributed by atoms with van der Waals surface area (Å²) < 4.78 is 10.7. The number of hydrogen-bond donors (Lipinski definition) is 1. The molecule has 0 aliphatic rings. The molecule has 2 heterocycles. The van der Waals surface area contributed by atoms with E-state index in [1.54, 1.807) is 13.2 Å². The van der Waals surface area contributed by atoms with Crippen LogP contribution in [0.3, 0.4) is 0 Å². The zero-order valence-electron chi connectivity index (χ0n) is 12.4. The van der Waals surface area contributed by atoms with Crippen molar-refractivity contribution in [3.63, 3.8) is 0 Å². The van der Waals surface area contributed by atoms with Crippen LogP contribution in [0.1, 0.15) is 21.8 Å². The van der Waals surface area contributed by atoms with Gasteiger partial charge in [0.2, 0.25) is 0 Å². The minimum Gasteiger partial charge on any atom is -0.497 e. The molecule has 0 aliphatic carbocycles. The number of furan rings is 1. The predicted molar refractivity (Wildman–Crippen MR) is 82.9 cm³/mol. The van der Waals surface area contributed by atoms with Gasteiger partial charge in [-0.15, -0.1) is 0 Å². The smallest absolute Gasteiger partial charge is 0.287 e. The second kappa shape index (κ2) is 5.89. The molecule has 5 nitrogen and oxygen atoms in total. The van der Waals surface area contributed by atoms with E-state index in [9.17, 15) is 4.79 Å². The third-order valence-electron chi connectivity index (χ3n) is 3.32. The summed E-state index contributed by atoms with van der Waals surface area (Å²) in [4.78, 5) is 16.5. The predicted octanol–water partition coefficient (Wildman–Crippen LogP) is 3.07. The number of pyridine rings is 1. The SMILES string of the molecule is COc1cccc(CNC(=O)c2cc3nc(C)ccc3o2)c1. The maximum Gasteiger partial charge on any atom is 0.287 e. The van der Waals surface area contributed by atoms with Gasteiger partial charge >= 0.3 is 0 Å². The van der Waals surface area contributed by atoms with E-state index < -0.39 is 0 Å². The van der Waals surface area contributed by atoms with Crippen molar-refractivity contribution < 1.29 is 13.9 Å². The number of hydrogen-bond acceptors (Lipinski definition) is 4. The zero-order valence-corrected chi connectivity index (χ0v) is 12.4. The maximum absolute atomic E-state index is 12.2. The maximum atomic E-state index is 12.2. The third kappa shape index (κ3) is 2.93. The molecule has 0 fully saturated rings. The van der Waals surface area contributed by atoms with Crippen LogP contribution in [-0.2, 0) is 6.54 Å². The van der Waals surface area contributed by atoms with E-state index in [2.05, 4.69) is 10.3 Å². The van der Waals surface area contributed by atoms with Crippen LogP contribution in [0.2, 0.25) is 0 Å². The van der Waals surface area contributed by atoms with E-state index in [1.807, 2.05) is 43.3 Å². The molecule has 0 spiro atoms. The Morgan fingerprint density at radius 1 is 1.27 bits per heavy atom. The van der Waals surface area contributed by atoms with Crippen LogP contribution in [0, 0.1) is 6.92 Å². The summed E-state index contributed by atoms with van der Waals surface area (Å²) >= 11 is 0. The molecule has 1 aromatic carbocycles. The lowest BCUT2D eigenvalue weighted by molar-refractivity contribution is 0.0925. The first-order valence-electron chi connectivity index (χ1n) is 6.94. The van der Waals surface area contributed by atoms with Crippen molar-refractivity contribution >= 4 is 17.0 Å². The minimum absolute atomic E-state index is 0.260. The average Bonchev–Trinajstić information content (AvgIpc) is 2.96. The lowest BCUT2D eigenvalue weighted by atomic mass is 10.2. The molecule has 1 N–H and O–H groups in total. The first-order chi connectivity index (χ1) is 10.7. The molecule has 0 radical (unpaired) electrons. The van der Waals surface area contributed by atoms with Gasteiger partial charge in [0.15, 0.2) is 11.3 Å². The van der Waals surface area contributed by atoms with Gasteiger partial charge in [-0.25, -0.2) is 4.98 Å². The van der Waals surface area contributed by atoms with E-state index in [-0.39, 0.29) is 11.7 Å². The lowest BCUT2D eigenvalue weighted by Crippen LogP contribution is -2.22. The van der Waals surface area contributed by atoms with Crippen LogP contribution in [0.5, 0.6) is 5.75 Å². The Morgan fingerprint density at radius 3 is 2.95 bits per heavy atom. The fourth-order valence-electron chi connectivity index (χ4n) is 2.19. The van der Waals surface area contributed by atoms with Crippen molar-refractivity contribution in [3.05, 3.63) is 59.5 Å². The fraction of sp³-hybridized carbons (Fsp3) is 0.176. The Hall–Kier alpha value is -2.82. The number of amides is 1. The molecule has 0 unspecified atom stereocenters. The minimum atomic E-state index is -0.265. The molecule has 112 valence electrons. The van der Waals surface area contributed by atoms with Gasteiger partial charge < -0.3 is 14.5 Å². The lowest BCUT2D eigenvalue weighted by Gasteiger charge is -2.05. The first-order valence-corrected chi connectivity index (χ1v) is 6.94. The molecule has 0 saturated carbocycles. The first kappa shape index (κ1) is 14.1. The molecule has 0 atom stereocenters. The Bertz CT molecular complexity index is 824. The molecule has 1 amide bonds. The molecule has 0 bridgehead atoms. The highest BCUT2D eigenvalue weighted by atomic mass is 16.5. The summed E-state index contributed by atoms with van der Waals surface area (Å²) in [5, 5.41) is 2.83. The summed E-state index contributed by atoms with van der Waals surface area (Å²) in [5.74, 6) is 0.754. The number of carbonyl (C=O) groups excluding carboxylic acids is 1. The van der Waals surface area contributed by atoms with E-state index in [0.717, 1.165) is 17.0 Å². The van der Waals surface area contributed by atoms with Crippen molar-refractivity contribution in [1.82, 2.24) is 10.3 Å². The van der Waals surface area contributed by atoms with Gasteiger partial charge in [0, 0.05) is 18.3 Å². The van der Waals surface area contributed by atoms with Gasteiger partial charge in [0.05, 0.1) is 7.11 Å². The quantitative estimate of drug-likeness (QED) is 0.803. The number of fused-ring (bicyclic) bond motifs is 1. The van der Waals surface area contributed by atoms with E-state index in [1.165, 1.54) is 0 Å². The second-order valence-corrected chi connectivity index (χ2v) is 4.98. The monoisotopic (exact) mass is 296 g/mol. The Kier molecular flexibility index (Phi) is 3.78. The van der Waals surface area contributed by atoms with Crippen LogP contribution in [0.4, 0.5) is 0 Å². The summed E-state index contributed by atoms with van der Waals surface area (Å²) in [7, 11) is 1.61. The molecule has 3 aromatic rings. The fourth-order valence-corrected chi connectivity index (χ4v) is 2.19. The van der Waals surface area contributed by atoms with Crippen molar-refractivity contribution in [2.75, 3.05) is 7.11 Å². The summed E-state index contributed by atoms with van der Waals surface area (Å²) in [6, 6.07) is 12.9. The number of aryl methyl sites for hydroxylation is 1.